The van der Waals surface area contributed by atoms with Gasteiger partial charge in [-0.25, -0.2) is 4.79 Å². The monoisotopic (exact) mass is 236 g/mol. The molecular formula is C11H8O2S2. The Kier molecular flexibility index (Phi) is 2.70. The lowest BCUT2D eigenvalue weighted by Gasteiger charge is -2.00. The van der Waals surface area contributed by atoms with Gasteiger partial charge in [0.05, 0.1) is 5.57 Å². The largest absolute Gasteiger partial charge is 0.478 e. The quantitative estimate of drug-likeness (QED) is 0.827. The maximum Gasteiger partial charge on any atom is 0.336 e. The van der Waals surface area contributed by atoms with Crippen molar-refractivity contribution in [3.05, 3.63) is 40.4 Å². The molecule has 2 heterocycles. The van der Waals surface area contributed by atoms with Gasteiger partial charge in [0.2, 0.25) is 0 Å². The Balaban J connectivity index is 2.47. The smallest absolute Gasteiger partial charge is 0.336 e. The van der Waals surface area contributed by atoms with Gasteiger partial charge in [0, 0.05) is 15.3 Å². The first-order chi connectivity index (χ1) is 7.20. The predicted molar refractivity (Wildman–Crippen MR) is 64.3 cm³/mol. The van der Waals surface area contributed by atoms with Crippen molar-refractivity contribution in [2.24, 2.45) is 0 Å². The number of hydrogen-bond donors (Lipinski definition) is 1. The van der Waals surface area contributed by atoms with E-state index >= 15 is 0 Å². The Labute approximate surface area is 95.1 Å². The van der Waals surface area contributed by atoms with Crippen molar-refractivity contribution in [3.8, 4) is 10.4 Å². The fourth-order valence-electron chi connectivity index (χ4n) is 1.27. The van der Waals surface area contributed by atoms with Crippen molar-refractivity contribution in [2.75, 3.05) is 0 Å². The van der Waals surface area contributed by atoms with E-state index in [1.165, 1.54) is 11.3 Å². The number of thiophene rings is 2. The van der Waals surface area contributed by atoms with Gasteiger partial charge in [0.25, 0.3) is 0 Å². The molecule has 0 amide bonds. The molecule has 2 nitrogen and oxygen atoms in total. The van der Waals surface area contributed by atoms with Gasteiger partial charge in [-0.15, -0.1) is 22.7 Å². The minimum atomic E-state index is -0.963. The van der Waals surface area contributed by atoms with Gasteiger partial charge in [0.15, 0.2) is 0 Å². The highest BCUT2D eigenvalue weighted by atomic mass is 32.1. The second kappa shape index (κ2) is 4.00. The van der Waals surface area contributed by atoms with E-state index < -0.39 is 5.97 Å². The lowest BCUT2D eigenvalue weighted by molar-refractivity contribution is -0.130. The highest BCUT2D eigenvalue weighted by Gasteiger charge is 2.15. The van der Waals surface area contributed by atoms with Crippen LogP contribution in [-0.4, -0.2) is 11.1 Å². The van der Waals surface area contributed by atoms with Crippen molar-refractivity contribution in [3.63, 3.8) is 0 Å². The summed E-state index contributed by atoms with van der Waals surface area (Å²) in [4.78, 5) is 12.6. The summed E-state index contributed by atoms with van der Waals surface area (Å²) in [7, 11) is 0. The average molecular weight is 236 g/mol. The van der Waals surface area contributed by atoms with E-state index in [1.54, 1.807) is 11.3 Å². The Morgan fingerprint density at radius 2 is 2.07 bits per heavy atom. The molecule has 2 rings (SSSR count). The van der Waals surface area contributed by atoms with E-state index in [1.807, 2.05) is 29.0 Å². The van der Waals surface area contributed by atoms with Crippen molar-refractivity contribution in [1.82, 2.24) is 0 Å². The standard InChI is InChI=1S/C11H8O2S2/c1-7(11(12)13)10-8(4-6-15-10)9-3-2-5-14-9/h2-6H,1H2,(H,12,13). The molecule has 2 aromatic rings. The summed E-state index contributed by atoms with van der Waals surface area (Å²) in [6.07, 6.45) is 0. The summed E-state index contributed by atoms with van der Waals surface area (Å²) >= 11 is 3.01. The Bertz CT molecular complexity index is 494. The zero-order chi connectivity index (χ0) is 10.8. The first kappa shape index (κ1) is 10.1. The van der Waals surface area contributed by atoms with Crippen LogP contribution in [0.5, 0.6) is 0 Å². The van der Waals surface area contributed by atoms with Crippen LogP contribution >= 0.6 is 22.7 Å². The van der Waals surface area contributed by atoms with Crippen LogP contribution in [0.3, 0.4) is 0 Å². The fraction of sp³-hybridized carbons (Fsp3) is 0. The number of carbonyl (C=O) groups is 1. The summed E-state index contributed by atoms with van der Waals surface area (Å²) in [6.45, 7) is 3.58. The molecule has 0 radical (unpaired) electrons. The average Bonchev–Trinajstić information content (AvgIpc) is 2.86. The van der Waals surface area contributed by atoms with E-state index in [2.05, 4.69) is 6.58 Å². The van der Waals surface area contributed by atoms with Crippen LogP contribution < -0.4 is 0 Å². The van der Waals surface area contributed by atoms with Gasteiger partial charge in [-0.2, -0.15) is 0 Å². The summed E-state index contributed by atoms with van der Waals surface area (Å²) in [6, 6.07) is 5.86. The summed E-state index contributed by atoms with van der Waals surface area (Å²) < 4.78 is 0. The van der Waals surface area contributed by atoms with Crippen molar-refractivity contribution in [2.45, 2.75) is 0 Å². The van der Waals surface area contributed by atoms with Crippen LogP contribution in [0, 0.1) is 0 Å². The summed E-state index contributed by atoms with van der Waals surface area (Å²) in [5, 5.41) is 12.7. The molecular weight excluding hydrogens is 228 g/mol. The molecule has 15 heavy (non-hydrogen) atoms. The predicted octanol–water partition coefficient (Wildman–Crippen LogP) is 3.57. The lowest BCUT2D eigenvalue weighted by atomic mass is 10.1. The number of carboxylic acid groups (broad SMARTS) is 1. The normalized spacial score (nSPS) is 10.1. The number of carboxylic acids is 1. The molecule has 0 saturated heterocycles. The minimum Gasteiger partial charge on any atom is -0.478 e. The van der Waals surface area contributed by atoms with Crippen molar-refractivity contribution in [1.29, 1.82) is 0 Å². The molecule has 2 aromatic heterocycles. The highest BCUT2D eigenvalue weighted by molar-refractivity contribution is 7.15. The highest BCUT2D eigenvalue weighted by Crippen LogP contribution is 2.35. The third-order valence-corrected chi connectivity index (χ3v) is 3.86. The van der Waals surface area contributed by atoms with E-state index in [0.29, 0.717) is 0 Å². The molecule has 0 fully saturated rings. The van der Waals surface area contributed by atoms with Crippen molar-refractivity contribution >= 4 is 34.2 Å². The van der Waals surface area contributed by atoms with Crippen LogP contribution in [0.4, 0.5) is 0 Å². The Hall–Kier alpha value is -1.39. The fourth-order valence-corrected chi connectivity index (χ4v) is 2.96. The number of hydrogen-bond acceptors (Lipinski definition) is 3. The van der Waals surface area contributed by atoms with E-state index in [9.17, 15) is 4.79 Å². The maximum absolute atomic E-state index is 10.8. The molecule has 0 aliphatic carbocycles. The number of aliphatic carboxylic acids is 1. The van der Waals surface area contributed by atoms with Gasteiger partial charge in [-0.1, -0.05) is 12.6 Å². The van der Waals surface area contributed by atoms with Gasteiger partial charge < -0.3 is 5.11 Å². The molecule has 0 aliphatic heterocycles. The zero-order valence-electron chi connectivity index (χ0n) is 7.77. The summed E-state index contributed by atoms with van der Waals surface area (Å²) in [5.41, 5.74) is 1.12. The second-order valence-corrected chi connectivity index (χ2v) is 4.79. The van der Waals surface area contributed by atoms with E-state index in [0.717, 1.165) is 15.3 Å². The minimum absolute atomic E-state index is 0.161. The third kappa shape index (κ3) is 1.86. The van der Waals surface area contributed by atoms with Gasteiger partial charge >= 0.3 is 5.97 Å². The van der Waals surface area contributed by atoms with Crippen LogP contribution in [-0.2, 0) is 4.79 Å². The molecule has 0 aliphatic rings. The van der Waals surface area contributed by atoms with Crippen LogP contribution in [0.2, 0.25) is 0 Å². The molecule has 0 unspecified atom stereocenters. The van der Waals surface area contributed by atoms with E-state index in [4.69, 9.17) is 5.11 Å². The molecule has 1 N–H and O–H groups in total. The summed E-state index contributed by atoms with van der Waals surface area (Å²) in [5.74, 6) is -0.963. The first-order valence-electron chi connectivity index (χ1n) is 4.24. The Morgan fingerprint density at radius 3 is 2.67 bits per heavy atom. The van der Waals surface area contributed by atoms with Gasteiger partial charge in [0.1, 0.15) is 0 Å². The van der Waals surface area contributed by atoms with Gasteiger partial charge in [-0.3, -0.25) is 0 Å². The van der Waals surface area contributed by atoms with Crippen LogP contribution in [0.15, 0.2) is 35.5 Å². The molecule has 0 spiro atoms. The number of rotatable bonds is 3. The molecule has 0 bridgehead atoms. The Morgan fingerprint density at radius 1 is 1.27 bits per heavy atom. The van der Waals surface area contributed by atoms with Crippen LogP contribution in [0.25, 0.3) is 16.0 Å². The van der Waals surface area contributed by atoms with Gasteiger partial charge in [-0.05, 0) is 22.9 Å². The SMILES string of the molecule is C=C(C(=O)O)c1sccc1-c1cccs1. The molecule has 4 heteroatoms. The molecule has 76 valence electrons. The van der Waals surface area contributed by atoms with Crippen molar-refractivity contribution < 1.29 is 9.90 Å². The molecule has 0 saturated carbocycles. The topological polar surface area (TPSA) is 37.3 Å². The van der Waals surface area contributed by atoms with E-state index in [-0.39, 0.29) is 5.57 Å². The zero-order valence-corrected chi connectivity index (χ0v) is 9.40. The maximum atomic E-state index is 10.8. The molecule has 0 aromatic carbocycles. The first-order valence-corrected chi connectivity index (χ1v) is 6.00. The molecule has 0 atom stereocenters. The second-order valence-electron chi connectivity index (χ2n) is 2.92. The third-order valence-electron chi connectivity index (χ3n) is 1.98. The lowest BCUT2D eigenvalue weighted by Crippen LogP contribution is -1.96. The van der Waals surface area contributed by atoms with Crippen LogP contribution in [0.1, 0.15) is 4.88 Å².